The minimum atomic E-state index is 0. The van der Waals surface area contributed by atoms with Gasteiger partial charge in [0.25, 0.3) is 0 Å². The molecule has 0 saturated carbocycles. The van der Waals surface area contributed by atoms with E-state index in [1.807, 2.05) is 15.9 Å². The molecule has 0 unspecified atom stereocenters. The first-order valence-corrected chi connectivity index (χ1v) is 0.595. The van der Waals surface area contributed by atoms with E-state index in [4.69, 9.17) is 3.83 Å². The van der Waals surface area contributed by atoms with Gasteiger partial charge in [0.05, 0.1) is 0 Å². The van der Waals surface area contributed by atoms with Gasteiger partial charge in [0, 0.05) is 67.4 Å². The van der Waals surface area contributed by atoms with Gasteiger partial charge >= 0.3 is 57.5 Å². The first-order chi connectivity index (χ1) is 1.00. The van der Waals surface area contributed by atoms with Gasteiger partial charge in [-0.1, -0.05) is 0 Å². The summed E-state index contributed by atoms with van der Waals surface area (Å²) < 4.78 is 8.00. The van der Waals surface area contributed by atoms with Gasteiger partial charge in [0.15, 0.2) is 0 Å². The van der Waals surface area contributed by atoms with Crippen molar-refractivity contribution in [1.82, 2.24) is 0 Å². The van der Waals surface area contributed by atoms with Gasteiger partial charge in [0.2, 0.25) is 0 Å². The third-order valence-electron chi connectivity index (χ3n) is 0. The van der Waals surface area contributed by atoms with E-state index < -0.39 is 0 Å². The van der Waals surface area contributed by atoms with E-state index in [1.165, 1.54) is 0 Å². The summed E-state index contributed by atoms with van der Waals surface area (Å²) in [5.41, 5.74) is 0. The summed E-state index contributed by atoms with van der Waals surface area (Å²) in [6, 6.07) is 0. The second kappa shape index (κ2) is 76.3. The van der Waals surface area contributed by atoms with Crippen molar-refractivity contribution in [1.29, 1.82) is 0 Å². The van der Waals surface area contributed by atoms with Crippen molar-refractivity contribution < 1.29 is 128 Å². The predicted octanol–water partition coefficient (Wildman–Crippen LogP) is -5.90. The molecule has 8 heteroatoms. The molecule has 0 fully saturated rings. The topological polar surface area (TPSA) is 17.1 Å². The Morgan fingerprint density at radius 2 is 1.12 bits per heavy atom. The summed E-state index contributed by atoms with van der Waals surface area (Å²) in [6.07, 6.45) is 0. The summed E-state index contributed by atoms with van der Waals surface area (Å²) >= 11 is 2.00. The zero-order valence-corrected chi connectivity index (χ0v) is 9.56. The summed E-state index contributed by atoms with van der Waals surface area (Å²) in [5.74, 6) is 0. The third-order valence-corrected chi connectivity index (χ3v) is 0. The first-order valence-electron chi connectivity index (χ1n) is 0.144. The maximum atomic E-state index is 8.00. The van der Waals surface area contributed by atoms with E-state index in [0.29, 0.717) is 0 Å². The molecule has 8 heavy (non-hydrogen) atoms. The molecule has 1 nitrogen and oxygen atoms in total. The fraction of sp³-hybridized carbons (Fsp3) is 0. The van der Waals surface area contributed by atoms with Crippen molar-refractivity contribution in [3.8, 4) is 0 Å². The first kappa shape index (κ1) is 62.1. The van der Waals surface area contributed by atoms with E-state index in [1.54, 1.807) is 0 Å². The minimum absolute atomic E-state index is 0. The van der Waals surface area contributed by atoms with Crippen LogP contribution in [-0.4, -0.2) is 0 Å². The molecule has 0 N–H and O–H groups in total. The van der Waals surface area contributed by atoms with Gasteiger partial charge in [-0.05, 0) is 0 Å². The molecule has 0 atom stereocenters. The molecule has 0 aromatic carbocycles. The predicted molar refractivity (Wildman–Crippen MR) is 2.91 cm³/mol. The van der Waals surface area contributed by atoms with Gasteiger partial charge in [-0.15, -0.1) is 0 Å². The van der Waals surface area contributed by atoms with E-state index in [2.05, 4.69) is 0 Å². The molecule has 0 aromatic heterocycles. The van der Waals surface area contributed by atoms with Crippen LogP contribution in [0, 0.1) is 0 Å². The van der Waals surface area contributed by atoms with Gasteiger partial charge in [0.1, 0.15) is 0 Å². The van der Waals surface area contributed by atoms with Crippen LogP contribution >= 0.6 is 0 Å². The summed E-state index contributed by atoms with van der Waals surface area (Å²) in [7, 11) is 0. The van der Waals surface area contributed by atoms with Crippen LogP contribution in [0.15, 0.2) is 0 Å². The van der Waals surface area contributed by atoms with Crippen molar-refractivity contribution in [2.45, 2.75) is 0 Å². The monoisotopic (exact) mass is 316 g/mol. The van der Waals surface area contributed by atoms with Gasteiger partial charge in [-0.25, -0.2) is 0 Å². The molecular formula is H2CoFe2Li2MnNiO. The molecule has 0 saturated heterocycles. The van der Waals surface area contributed by atoms with Crippen LogP contribution in [0.2, 0.25) is 0 Å². The van der Waals surface area contributed by atoms with Crippen LogP contribution in [0.5, 0.6) is 0 Å². The van der Waals surface area contributed by atoms with E-state index >= 15 is 0 Å². The van der Waals surface area contributed by atoms with Crippen LogP contribution in [0.3, 0.4) is 0 Å². The Hall–Kier alpha value is 3.55. The number of hydrogen-bond donors (Lipinski definition) is 0. The molecule has 0 aliphatic rings. The zero-order chi connectivity index (χ0) is 2.00. The Balaban J connectivity index is -0.000000000179. The van der Waals surface area contributed by atoms with Gasteiger partial charge in [-0.3, -0.25) is 0 Å². The quantitative estimate of drug-likeness (QED) is 0.407. The van der Waals surface area contributed by atoms with E-state index in [9.17, 15) is 0 Å². The molecule has 0 amide bonds. The Labute approximate surface area is 126 Å². The van der Waals surface area contributed by atoms with Crippen LogP contribution in [0.25, 0.3) is 0 Å². The number of hydrogen-bond acceptors (Lipinski definition) is 1. The summed E-state index contributed by atoms with van der Waals surface area (Å²) in [5, 5.41) is 0. The molecule has 52 valence electrons. The maximum absolute atomic E-state index is 8.00. The van der Waals surface area contributed by atoms with Crippen molar-refractivity contribution in [3.63, 3.8) is 0 Å². The molecule has 0 bridgehead atoms. The summed E-state index contributed by atoms with van der Waals surface area (Å²) in [4.78, 5) is 0. The van der Waals surface area contributed by atoms with Crippen LogP contribution in [0.4, 0.5) is 0 Å². The Morgan fingerprint density at radius 1 is 1.12 bits per heavy atom. The standard InChI is InChI=1S/Co.2Fe.2Li.Mn.Ni.O.2H/q;;;2*+1;;;;2*-1. The Kier molecular flexibility index (Phi) is 592. The van der Waals surface area contributed by atoms with Gasteiger partial charge in [-0.2, -0.15) is 0 Å². The van der Waals surface area contributed by atoms with Crippen molar-refractivity contribution in [2.75, 3.05) is 0 Å². The van der Waals surface area contributed by atoms with Gasteiger partial charge < -0.3 is 2.85 Å². The van der Waals surface area contributed by atoms with Crippen molar-refractivity contribution in [2.24, 2.45) is 0 Å². The van der Waals surface area contributed by atoms with E-state index in [0.717, 1.165) is 0 Å². The van der Waals surface area contributed by atoms with E-state index in [-0.39, 0.29) is 108 Å². The Bertz CT molecular complexity index is 27.2. The third kappa shape index (κ3) is 55.4. The molecule has 0 aliphatic carbocycles. The molecule has 0 heterocycles. The van der Waals surface area contributed by atoms with Crippen LogP contribution < -0.4 is 37.7 Å². The number of rotatable bonds is 0. The molecule has 0 rings (SSSR count). The van der Waals surface area contributed by atoms with Crippen molar-refractivity contribution in [3.05, 3.63) is 0 Å². The molecule has 0 aromatic rings. The normalized spacial score (nSPS) is 0.625. The summed E-state index contributed by atoms with van der Waals surface area (Å²) in [6.45, 7) is 0. The van der Waals surface area contributed by atoms with Crippen LogP contribution in [-0.2, 0) is 87.2 Å². The zero-order valence-electron chi connectivity index (χ0n) is 6.14. The van der Waals surface area contributed by atoms with Crippen molar-refractivity contribution >= 4 is 0 Å². The molecule has 0 aliphatic heterocycles. The molecule has 2 radical (unpaired) electrons. The average molecular weight is 316 g/mol. The Morgan fingerprint density at radius 3 is 1.12 bits per heavy atom. The van der Waals surface area contributed by atoms with Crippen LogP contribution in [0.1, 0.15) is 2.85 Å². The fourth-order valence-electron chi connectivity index (χ4n) is 0. The molecule has 0 spiro atoms. The SMILES string of the molecule is [Co].[Fe].[H-].[H-].[Li+].[Li+].[Mn].[Ni].[O]=[Fe]. The fourth-order valence-corrected chi connectivity index (χ4v) is 0. The molecular weight excluding hydrogens is 314 g/mol. The second-order valence-electron chi connectivity index (χ2n) is 0. The second-order valence-corrected chi connectivity index (χ2v) is 0. The average Bonchev–Trinajstić information content (AvgIpc) is 1.00.